The van der Waals surface area contributed by atoms with Gasteiger partial charge in [0.05, 0.1) is 12.8 Å². The van der Waals surface area contributed by atoms with Gasteiger partial charge in [-0.25, -0.2) is 14.2 Å². The van der Waals surface area contributed by atoms with E-state index in [9.17, 15) is 9.18 Å². The molecule has 0 N–H and O–H groups in total. The third kappa shape index (κ3) is 5.04. The third-order valence-electron chi connectivity index (χ3n) is 3.71. The molecular weight excluding hydrogens is 369 g/mol. The van der Waals surface area contributed by atoms with E-state index in [-0.39, 0.29) is 12.4 Å². The third-order valence-corrected chi connectivity index (χ3v) is 4.65. The zero-order valence-corrected chi connectivity index (χ0v) is 15.7. The molecule has 3 rings (SSSR count). The van der Waals surface area contributed by atoms with Crippen molar-refractivity contribution in [2.75, 3.05) is 7.11 Å². The maximum atomic E-state index is 13.0. The molecule has 0 radical (unpaired) electrons. The normalized spacial score (nSPS) is 11.7. The summed E-state index contributed by atoms with van der Waals surface area (Å²) in [5.74, 6) is 0.475. The Morgan fingerprint density at radius 2 is 1.78 bits per heavy atom. The van der Waals surface area contributed by atoms with Crippen LogP contribution in [0.1, 0.15) is 12.6 Å². The van der Waals surface area contributed by atoms with Gasteiger partial charge in [0, 0.05) is 10.9 Å². The molecule has 0 aliphatic carbocycles. The summed E-state index contributed by atoms with van der Waals surface area (Å²) in [5.41, 5.74) is 1.44. The van der Waals surface area contributed by atoms with E-state index in [2.05, 4.69) is 4.98 Å². The van der Waals surface area contributed by atoms with Gasteiger partial charge >= 0.3 is 5.97 Å². The number of methoxy groups -OCH3 is 1. The van der Waals surface area contributed by atoms with Crippen molar-refractivity contribution in [1.29, 1.82) is 0 Å². The number of hydrogen-bond donors (Lipinski definition) is 0. The van der Waals surface area contributed by atoms with E-state index in [4.69, 9.17) is 14.2 Å². The van der Waals surface area contributed by atoms with Crippen LogP contribution in [0.5, 0.6) is 11.5 Å². The van der Waals surface area contributed by atoms with Gasteiger partial charge in [-0.2, -0.15) is 0 Å². The number of thiazole rings is 1. The fourth-order valence-electron chi connectivity index (χ4n) is 2.27. The Labute approximate surface area is 160 Å². The predicted molar refractivity (Wildman–Crippen MR) is 100 cm³/mol. The number of aromatic nitrogens is 1. The molecule has 140 valence electrons. The number of carbonyl (C=O) groups is 1. The molecule has 0 bridgehead atoms. The molecule has 7 heteroatoms. The molecule has 3 aromatic rings. The Morgan fingerprint density at radius 3 is 2.44 bits per heavy atom. The second-order valence-electron chi connectivity index (χ2n) is 5.69. The molecule has 1 atom stereocenters. The van der Waals surface area contributed by atoms with E-state index in [1.807, 2.05) is 0 Å². The second kappa shape index (κ2) is 8.64. The van der Waals surface area contributed by atoms with Crippen molar-refractivity contribution < 1.29 is 23.4 Å². The molecule has 0 amide bonds. The van der Waals surface area contributed by atoms with Gasteiger partial charge in [0.15, 0.2) is 6.10 Å². The van der Waals surface area contributed by atoms with Crippen LogP contribution in [-0.4, -0.2) is 24.2 Å². The first kappa shape index (κ1) is 18.8. The van der Waals surface area contributed by atoms with Crippen molar-refractivity contribution in [1.82, 2.24) is 4.98 Å². The van der Waals surface area contributed by atoms with Crippen LogP contribution in [0.4, 0.5) is 4.39 Å². The zero-order valence-electron chi connectivity index (χ0n) is 14.8. The molecule has 0 unspecified atom stereocenters. The van der Waals surface area contributed by atoms with Crippen molar-refractivity contribution in [3.05, 3.63) is 65.4 Å². The van der Waals surface area contributed by atoms with E-state index < -0.39 is 12.1 Å². The van der Waals surface area contributed by atoms with Gasteiger partial charge in [-0.15, -0.1) is 11.3 Å². The monoisotopic (exact) mass is 387 g/mol. The second-order valence-corrected chi connectivity index (χ2v) is 6.55. The first-order valence-electron chi connectivity index (χ1n) is 8.23. The Kier molecular flexibility index (Phi) is 6.03. The fourth-order valence-corrected chi connectivity index (χ4v) is 3.08. The Balaban J connectivity index is 1.53. The summed E-state index contributed by atoms with van der Waals surface area (Å²) in [6.45, 7) is 1.67. The average Bonchev–Trinajstić information content (AvgIpc) is 3.16. The molecule has 0 saturated heterocycles. The minimum absolute atomic E-state index is 0.0485. The molecule has 0 aliphatic rings. The minimum atomic E-state index is -0.756. The van der Waals surface area contributed by atoms with Gasteiger partial charge in [0.25, 0.3) is 0 Å². The summed E-state index contributed by atoms with van der Waals surface area (Å²) in [6, 6.07) is 13.0. The van der Waals surface area contributed by atoms with Crippen LogP contribution in [0.15, 0.2) is 53.9 Å². The van der Waals surface area contributed by atoms with Crippen molar-refractivity contribution in [2.45, 2.75) is 19.6 Å². The number of hydrogen-bond acceptors (Lipinski definition) is 6. The van der Waals surface area contributed by atoms with E-state index in [0.29, 0.717) is 17.2 Å². The zero-order chi connectivity index (χ0) is 19.2. The molecule has 2 aromatic carbocycles. The molecular formula is C20H18FNO4S. The Hall–Kier alpha value is -2.93. The molecule has 0 spiro atoms. The summed E-state index contributed by atoms with van der Waals surface area (Å²) in [7, 11) is 1.58. The standard InChI is InChI=1S/C20H18FNO4S/c1-13(26-18-9-7-17(24-2)8-10-18)20(23)25-11-16-12-27-19(22-16)14-3-5-15(21)6-4-14/h3-10,12-13H,11H2,1-2H3/t13-/m1/s1. The lowest BCUT2D eigenvalue weighted by Crippen LogP contribution is -2.26. The van der Waals surface area contributed by atoms with E-state index >= 15 is 0 Å². The van der Waals surface area contributed by atoms with Gasteiger partial charge in [-0.3, -0.25) is 0 Å². The Morgan fingerprint density at radius 1 is 1.11 bits per heavy atom. The maximum Gasteiger partial charge on any atom is 0.347 e. The van der Waals surface area contributed by atoms with Gasteiger partial charge in [-0.05, 0) is 55.5 Å². The predicted octanol–water partition coefficient (Wildman–Crippen LogP) is 4.47. The highest BCUT2D eigenvalue weighted by Gasteiger charge is 2.17. The number of esters is 1. The molecule has 0 aliphatic heterocycles. The van der Waals surface area contributed by atoms with Gasteiger partial charge in [0.2, 0.25) is 0 Å². The highest BCUT2D eigenvalue weighted by molar-refractivity contribution is 7.13. The lowest BCUT2D eigenvalue weighted by molar-refractivity contribution is -0.152. The van der Waals surface area contributed by atoms with E-state index in [1.165, 1.54) is 23.5 Å². The molecule has 0 saturated carbocycles. The van der Waals surface area contributed by atoms with Crippen molar-refractivity contribution >= 4 is 17.3 Å². The number of rotatable bonds is 7. The molecule has 5 nitrogen and oxygen atoms in total. The highest BCUT2D eigenvalue weighted by Crippen LogP contribution is 2.24. The smallest absolute Gasteiger partial charge is 0.347 e. The molecule has 27 heavy (non-hydrogen) atoms. The topological polar surface area (TPSA) is 57.7 Å². The number of nitrogens with zero attached hydrogens (tertiary/aromatic N) is 1. The maximum absolute atomic E-state index is 13.0. The number of ether oxygens (including phenoxy) is 3. The van der Waals surface area contributed by atoms with Gasteiger partial charge < -0.3 is 14.2 Å². The van der Waals surface area contributed by atoms with Gasteiger partial charge in [0.1, 0.15) is 28.9 Å². The van der Waals surface area contributed by atoms with E-state index in [1.54, 1.807) is 55.8 Å². The summed E-state index contributed by atoms with van der Waals surface area (Å²) < 4.78 is 28.9. The first-order valence-corrected chi connectivity index (χ1v) is 9.11. The summed E-state index contributed by atoms with van der Waals surface area (Å²) in [6.07, 6.45) is -0.756. The van der Waals surface area contributed by atoms with Crippen molar-refractivity contribution in [3.8, 4) is 22.1 Å². The van der Waals surface area contributed by atoms with Crippen LogP contribution in [0, 0.1) is 5.82 Å². The fraction of sp³-hybridized carbons (Fsp3) is 0.200. The molecule has 1 heterocycles. The van der Waals surface area contributed by atoms with Crippen molar-refractivity contribution in [3.63, 3.8) is 0 Å². The molecule has 0 fully saturated rings. The largest absolute Gasteiger partial charge is 0.497 e. The summed E-state index contributed by atoms with van der Waals surface area (Å²) in [5, 5.41) is 2.55. The van der Waals surface area contributed by atoms with E-state index in [0.717, 1.165) is 10.6 Å². The number of halogens is 1. The van der Waals surface area contributed by atoms with Crippen molar-refractivity contribution in [2.24, 2.45) is 0 Å². The van der Waals surface area contributed by atoms with Crippen LogP contribution in [0.25, 0.3) is 10.6 Å². The number of benzene rings is 2. The van der Waals surface area contributed by atoms with Crippen LogP contribution in [0.3, 0.4) is 0 Å². The van der Waals surface area contributed by atoms with Crippen LogP contribution in [0.2, 0.25) is 0 Å². The summed E-state index contributed by atoms with van der Waals surface area (Å²) in [4.78, 5) is 16.5. The van der Waals surface area contributed by atoms with Crippen LogP contribution >= 0.6 is 11.3 Å². The summed E-state index contributed by atoms with van der Waals surface area (Å²) >= 11 is 1.41. The SMILES string of the molecule is COc1ccc(O[C@H](C)C(=O)OCc2csc(-c3ccc(F)cc3)n2)cc1. The number of carbonyl (C=O) groups excluding carboxylic acids is 1. The molecule has 1 aromatic heterocycles. The lowest BCUT2D eigenvalue weighted by Gasteiger charge is -2.13. The van der Waals surface area contributed by atoms with Gasteiger partial charge in [-0.1, -0.05) is 0 Å². The highest BCUT2D eigenvalue weighted by atomic mass is 32.1. The average molecular weight is 387 g/mol. The van der Waals surface area contributed by atoms with Crippen LogP contribution in [-0.2, 0) is 16.1 Å². The Bertz CT molecular complexity index is 893. The van der Waals surface area contributed by atoms with Crippen LogP contribution < -0.4 is 9.47 Å². The minimum Gasteiger partial charge on any atom is -0.497 e. The first-order chi connectivity index (χ1) is 13.0. The quantitative estimate of drug-likeness (QED) is 0.560. The lowest BCUT2D eigenvalue weighted by atomic mass is 10.2.